The van der Waals surface area contributed by atoms with E-state index < -0.39 is 18.1 Å². The fraction of sp³-hybridized carbons (Fsp3) is 1.00. The minimum Gasteiger partial charge on any atom is -0.394 e. The Kier molecular flexibility index (Phi) is 5.14. The average molecular weight is 195 g/mol. The van der Waals surface area contributed by atoms with Crippen molar-refractivity contribution in [1.82, 2.24) is 0 Å². The minimum absolute atomic E-state index is 0.840. The molecule has 0 atom stereocenters. The third-order valence-electron chi connectivity index (χ3n) is 1.08. The lowest BCUT2D eigenvalue weighted by Gasteiger charge is -2.24. The molecule has 0 aromatic carbocycles. The summed E-state index contributed by atoms with van der Waals surface area (Å²) < 4.78 is 20.6. The Balaban J connectivity index is 4.05. The van der Waals surface area contributed by atoms with E-state index in [1.807, 2.05) is 13.1 Å². The Bertz CT molecular complexity index is 96.4. The van der Waals surface area contributed by atoms with Crippen molar-refractivity contribution in [3.8, 4) is 0 Å². The summed E-state index contributed by atoms with van der Waals surface area (Å²) in [5.41, 5.74) is 0. The second kappa shape index (κ2) is 5.01. The molecule has 1 radical (unpaired) electrons. The molecule has 0 aromatic rings. The lowest BCUT2D eigenvalue weighted by Crippen LogP contribution is -2.49. The van der Waals surface area contributed by atoms with Gasteiger partial charge in [-0.15, -0.1) is 0 Å². The molecular formula is C5H15O4Si2. The van der Waals surface area contributed by atoms with Gasteiger partial charge in [0.1, 0.15) is 0 Å². The van der Waals surface area contributed by atoms with Crippen molar-refractivity contribution in [2.75, 3.05) is 21.3 Å². The maximum atomic E-state index is 5.46. The molecule has 4 nitrogen and oxygen atoms in total. The first kappa shape index (κ1) is 11.3. The van der Waals surface area contributed by atoms with Gasteiger partial charge < -0.3 is 17.4 Å². The average Bonchev–Trinajstić information content (AvgIpc) is 2.00. The molecule has 0 aliphatic rings. The Labute approximate surface area is 70.6 Å². The molecule has 0 aromatic heterocycles. The number of hydrogen-bond donors (Lipinski definition) is 0. The molecule has 0 N–H and O–H groups in total. The zero-order chi connectivity index (χ0) is 8.91. The van der Waals surface area contributed by atoms with Gasteiger partial charge in [-0.05, 0) is 13.1 Å². The van der Waals surface area contributed by atoms with Gasteiger partial charge >= 0.3 is 9.05 Å². The zero-order valence-corrected chi connectivity index (χ0v) is 9.63. The Morgan fingerprint density at radius 1 is 0.909 bits per heavy atom. The van der Waals surface area contributed by atoms with Gasteiger partial charge in [-0.1, -0.05) is 0 Å². The fourth-order valence-corrected chi connectivity index (χ4v) is 4.13. The van der Waals surface area contributed by atoms with Crippen LogP contribution in [0.15, 0.2) is 0 Å². The van der Waals surface area contributed by atoms with E-state index in [2.05, 4.69) is 0 Å². The predicted octanol–water partition coefficient (Wildman–Crippen LogP) is 0.629. The van der Waals surface area contributed by atoms with Crippen LogP contribution >= 0.6 is 0 Å². The van der Waals surface area contributed by atoms with Crippen LogP contribution in [0.2, 0.25) is 13.1 Å². The highest BCUT2D eigenvalue weighted by molar-refractivity contribution is 6.65. The van der Waals surface area contributed by atoms with Crippen molar-refractivity contribution in [3.63, 3.8) is 0 Å². The Hall–Kier alpha value is 0.274. The van der Waals surface area contributed by atoms with Gasteiger partial charge in [-0.25, -0.2) is 0 Å². The number of rotatable bonds is 5. The van der Waals surface area contributed by atoms with E-state index in [-0.39, 0.29) is 0 Å². The van der Waals surface area contributed by atoms with Crippen molar-refractivity contribution in [2.45, 2.75) is 13.1 Å². The summed E-state index contributed by atoms with van der Waals surface area (Å²) in [6, 6.07) is 0. The molecular weight excluding hydrogens is 180 g/mol. The van der Waals surface area contributed by atoms with Gasteiger partial charge in [0.2, 0.25) is 0 Å². The molecule has 0 spiro atoms. The van der Waals surface area contributed by atoms with Crippen LogP contribution in [0.5, 0.6) is 0 Å². The van der Waals surface area contributed by atoms with Crippen LogP contribution < -0.4 is 0 Å². The predicted molar refractivity (Wildman–Crippen MR) is 45.3 cm³/mol. The summed E-state index contributed by atoms with van der Waals surface area (Å²) in [5, 5.41) is 0. The second-order valence-electron chi connectivity index (χ2n) is 2.12. The van der Waals surface area contributed by atoms with Crippen LogP contribution in [0.1, 0.15) is 0 Å². The van der Waals surface area contributed by atoms with Crippen LogP contribution in [0.3, 0.4) is 0 Å². The summed E-state index contributed by atoms with van der Waals surface area (Å²) in [7, 11) is 1.02. The third-order valence-corrected chi connectivity index (χ3v) is 5.21. The van der Waals surface area contributed by atoms with Crippen LogP contribution in [0, 0.1) is 0 Å². The highest BCUT2D eigenvalue weighted by atomic mass is 28.4. The summed E-state index contributed by atoms with van der Waals surface area (Å²) in [5.74, 6) is 0. The van der Waals surface area contributed by atoms with E-state index in [4.69, 9.17) is 17.4 Å². The molecule has 67 valence electrons. The normalized spacial score (nSPS) is 12.5. The first-order valence-electron chi connectivity index (χ1n) is 3.25. The monoisotopic (exact) mass is 195 g/mol. The first-order chi connectivity index (χ1) is 5.10. The molecule has 0 amide bonds. The number of hydrogen-bond acceptors (Lipinski definition) is 4. The molecule has 0 aliphatic carbocycles. The van der Waals surface area contributed by atoms with Gasteiger partial charge in [0, 0.05) is 21.3 Å². The first-order valence-corrected chi connectivity index (χ1v) is 7.29. The maximum absolute atomic E-state index is 5.46. The summed E-state index contributed by atoms with van der Waals surface area (Å²) in [4.78, 5) is 0. The van der Waals surface area contributed by atoms with Crippen molar-refractivity contribution in [3.05, 3.63) is 0 Å². The van der Waals surface area contributed by atoms with Crippen molar-refractivity contribution < 1.29 is 17.4 Å². The van der Waals surface area contributed by atoms with Crippen LogP contribution in [0.25, 0.3) is 0 Å². The Morgan fingerprint density at radius 3 is 1.36 bits per heavy atom. The molecule has 0 fully saturated rings. The minimum atomic E-state index is -2.74. The largest absolute Gasteiger partial charge is 0.668 e. The standard InChI is InChI=1S/C5H15O4Si2/c1-6-11(7-2,8-3)9-10(4)5/h1-5H3. The van der Waals surface area contributed by atoms with Crippen molar-refractivity contribution >= 4 is 18.1 Å². The third kappa shape index (κ3) is 3.45. The van der Waals surface area contributed by atoms with Gasteiger partial charge in [0.25, 0.3) is 0 Å². The van der Waals surface area contributed by atoms with Gasteiger partial charge in [0.15, 0.2) is 9.04 Å². The van der Waals surface area contributed by atoms with Gasteiger partial charge in [0.05, 0.1) is 0 Å². The molecule has 0 saturated carbocycles. The van der Waals surface area contributed by atoms with E-state index in [9.17, 15) is 0 Å². The smallest absolute Gasteiger partial charge is 0.394 e. The van der Waals surface area contributed by atoms with Crippen LogP contribution in [0.4, 0.5) is 0 Å². The van der Waals surface area contributed by atoms with Crippen molar-refractivity contribution in [1.29, 1.82) is 0 Å². The second-order valence-corrected chi connectivity index (χ2v) is 6.98. The van der Waals surface area contributed by atoms with Crippen LogP contribution in [-0.4, -0.2) is 39.4 Å². The van der Waals surface area contributed by atoms with Gasteiger partial charge in [-0.3, -0.25) is 0 Å². The summed E-state index contributed by atoms with van der Waals surface area (Å²) in [6.45, 7) is 4.01. The summed E-state index contributed by atoms with van der Waals surface area (Å²) in [6.07, 6.45) is 0. The SMILES string of the molecule is CO[Si](OC)(OC)O[Si](C)C. The van der Waals surface area contributed by atoms with Crippen LogP contribution in [-0.2, 0) is 17.4 Å². The van der Waals surface area contributed by atoms with Gasteiger partial charge in [-0.2, -0.15) is 0 Å². The molecule has 11 heavy (non-hydrogen) atoms. The zero-order valence-electron chi connectivity index (χ0n) is 7.63. The molecule has 0 heterocycles. The molecule has 0 saturated heterocycles. The van der Waals surface area contributed by atoms with E-state index in [1.54, 1.807) is 0 Å². The van der Waals surface area contributed by atoms with E-state index in [0.29, 0.717) is 0 Å². The quantitative estimate of drug-likeness (QED) is 0.603. The van der Waals surface area contributed by atoms with E-state index in [0.717, 1.165) is 0 Å². The highest BCUT2D eigenvalue weighted by Crippen LogP contribution is 2.08. The summed E-state index contributed by atoms with van der Waals surface area (Å²) >= 11 is 0. The lowest BCUT2D eigenvalue weighted by atomic mass is 11.8. The fourth-order valence-electron chi connectivity index (χ4n) is 0.625. The lowest BCUT2D eigenvalue weighted by molar-refractivity contribution is 0.0508. The molecule has 6 heteroatoms. The van der Waals surface area contributed by atoms with E-state index >= 15 is 0 Å². The molecule has 0 bridgehead atoms. The molecule has 0 unspecified atom stereocenters. The molecule has 0 aliphatic heterocycles. The maximum Gasteiger partial charge on any atom is 0.668 e. The highest BCUT2D eigenvalue weighted by Gasteiger charge is 2.42. The topological polar surface area (TPSA) is 36.9 Å². The molecule has 0 rings (SSSR count). The Morgan fingerprint density at radius 2 is 1.27 bits per heavy atom. The van der Waals surface area contributed by atoms with Crippen molar-refractivity contribution in [2.24, 2.45) is 0 Å². The van der Waals surface area contributed by atoms with E-state index in [1.165, 1.54) is 21.3 Å².